The maximum atomic E-state index is 15.5. The zero-order chi connectivity index (χ0) is 28.1. The topological polar surface area (TPSA) is 46.5 Å². The molecule has 1 unspecified atom stereocenters. The zero-order valence-electron chi connectivity index (χ0n) is 23.0. The Hall–Kier alpha value is -2.75. The average Bonchev–Trinajstić information content (AvgIpc) is 3.35. The highest BCUT2D eigenvalue weighted by atomic mass is 32.2. The van der Waals surface area contributed by atoms with E-state index in [1.54, 1.807) is 23.6 Å². The van der Waals surface area contributed by atoms with Crippen LogP contribution in [0.3, 0.4) is 0 Å². The van der Waals surface area contributed by atoms with Crippen LogP contribution in [0, 0.1) is 24.4 Å². The standard InChI is InChI=1S/C30H36F3N3O2S/c1-5-35(6-2)15-9-14-34-17-20-18-39-30-22(16-23-24(31)11-8-12-25(23)32)19(3)27(29(37)36(20)30)21-10-7-13-26(38-4)28(21)33/h7-8,10-13,20,34H,5-6,9,14-18H2,1-4H3. The van der Waals surface area contributed by atoms with E-state index in [0.717, 1.165) is 32.6 Å². The van der Waals surface area contributed by atoms with Crippen molar-refractivity contribution < 1.29 is 17.9 Å². The van der Waals surface area contributed by atoms with Crippen molar-refractivity contribution in [1.82, 2.24) is 14.8 Å². The lowest BCUT2D eigenvalue weighted by Crippen LogP contribution is -2.34. The normalized spacial score (nSPS) is 14.7. The molecule has 5 nitrogen and oxygen atoms in total. The first-order valence-electron chi connectivity index (χ1n) is 13.4. The monoisotopic (exact) mass is 559 g/mol. The molecule has 1 aromatic heterocycles. The van der Waals surface area contributed by atoms with Crippen LogP contribution in [0.2, 0.25) is 0 Å². The molecule has 3 aromatic rings. The van der Waals surface area contributed by atoms with E-state index in [1.807, 2.05) is 0 Å². The van der Waals surface area contributed by atoms with Crippen LogP contribution in [0.25, 0.3) is 11.1 Å². The highest BCUT2D eigenvalue weighted by molar-refractivity contribution is 7.99. The second kappa shape index (κ2) is 13.1. The summed E-state index contributed by atoms with van der Waals surface area (Å²) in [5.74, 6) is -1.28. The van der Waals surface area contributed by atoms with Crippen molar-refractivity contribution in [2.45, 2.75) is 44.7 Å². The quantitative estimate of drug-likeness (QED) is 0.284. The maximum absolute atomic E-state index is 15.5. The Morgan fingerprint density at radius 1 is 1.08 bits per heavy atom. The molecule has 1 aliphatic heterocycles. The van der Waals surface area contributed by atoms with Crippen molar-refractivity contribution in [3.63, 3.8) is 0 Å². The number of ether oxygens (including phenoxy) is 1. The van der Waals surface area contributed by atoms with Gasteiger partial charge in [-0.2, -0.15) is 0 Å². The fourth-order valence-electron chi connectivity index (χ4n) is 5.22. The molecule has 2 aromatic carbocycles. The first-order valence-corrected chi connectivity index (χ1v) is 14.4. The summed E-state index contributed by atoms with van der Waals surface area (Å²) < 4.78 is 51.7. The first kappa shape index (κ1) is 29.2. The average molecular weight is 560 g/mol. The van der Waals surface area contributed by atoms with Gasteiger partial charge in [-0.15, -0.1) is 11.8 Å². The van der Waals surface area contributed by atoms with Gasteiger partial charge in [0.25, 0.3) is 5.56 Å². The van der Waals surface area contributed by atoms with Gasteiger partial charge in [-0.25, -0.2) is 13.2 Å². The largest absolute Gasteiger partial charge is 0.494 e. The summed E-state index contributed by atoms with van der Waals surface area (Å²) in [6.07, 6.45) is 0.935. The van der Waals surface area contributed by atoms with Crippen LogP contribution in [0.1, 0.15) is 43.0 Å². The molecular weight excluding hydrogens is 523 g/mol. The van der Waals surface area contributed by atoms with Crippen LogP contribution in [-0.4, -0.2) is 55.1 Å². The number of hydrogen-bond acceptors (Lipinski definition) is 5. The van der Waals surface area contributed by atoms with Gasteiger partial charge >= 0.3 is 0 Å². The van der Waals surface area contributed by atoms with Gasteiger partial charge in [-0.05, 0) is 68.8 Å². The molecule has 1 N–H and O–H groups in total. The van der Waals surface area contributed by atoms with Gasteiger partial charge in [-0.3, -0.25) is 9.36 Å². The lowest BCUT2D eigenvalue weighted by atomic mass is 9.94. The van der Waals surface area contributed by atoms with Gasteiger partial charge < -0.3 is 15.0 Å². The van der Waals surface area contributed by atoms with Crippen LogP contribution >= 0.6 is 11.8 Å². The molecule has 0 aliphatic carbocycles. The summed E-state index contributed by atoms with van der Waals surface area (Å²) in [6, 6.07) is 8.28. The molecule has 39 heavy (non-hydrogen) atoms. The summed E-state index contributed by atoms with van der Waals surface area (Å²) >= 11 is 1.50. The Kier molecular flexibility index (Phi) is 9.80. The highest BCUT2D eigenvalue weighted by Crippen LogP contribution is 2.40. The summed E-state index contributed by atoms with van der Waals surface area (Å²) in [5.41, 5.74) is 1.07. The third-order valence-electron chi connectivity index (χ3n) is 7.48. The Morgan fingerprint density at radius 2 is 1.77 bits per heavy atom. The molecule has 0 spiro atoms. The van der Waals surface area contributed by atoms with E-state index in [-0.39, 0.29) is 40.5 Å². The van der Waals surface area contributed by atoms with Crippen molar-refractivity contribution in [3.05, 3.63) is 80.9 Å². The predicted molar refractivity (Wildman–Crippen MR) is 152 cm³/mol. The summed E-state index contributed by atoms with van der Waals surface area (Å²) in [4.78, 5) is 16.4. The molecule has 0 saturated heterocycles. The number of thioether (sulfide) groups is 1. The van der Waals surface area contributed by atoms with Gasteiger partial charge in [-0.1, -0.05) is 32.0 Å². The Morgan fingerprint density at radius 3 is 2.44 bits per heavy atom. The number of rotatable bonds is 12. The minimum atomic E-state index is -0.650. The zero-order valence-corrected chi connectivity index (χ0v) is 23.8. The van der Waals surface area contributed by atoms with E-state index < -0.39 is 17.5 Å². The Labute approximate surface area is 232 Å². The van der Waals surface area contributed by atoms with Crippen LogP contribution in [-0.2, 0) is 6.42 Å². The number of methoxy groups -OCH3 is 1. The molecule has 1 aliphatic rings. The first-order chi connectivity index (χ1) is 18.8. The van der Waals surface area contributed by atoms with Crippen molar-refractivity contribution >= 4 is 11.8 Å². The summed E-state index contributed by atoms with van der Waals surface area (Å²) in [5, 5.41) is 4.16. The minimum absolute atomic E-state index is 0.0271. The molecule has 0 fully saturated rings. The van der Waals surface area contributed by atoms with E-state index in [4.69, 9.17) is 4.74 Å². The number of nitrogens with one attached hydrogen (secondary N) is 1. The van der Waals surface area contributed by atoms with Gasteiger partial charge in [0.1, 0.15) is 11.6 Å². The van der Waals surface area contributed by atoms with Gasteiger partial charge in [0.05, 0.1) is 23.7 Å². The van der Waals surface area contributed by atoms with Crippen LogP contribution in [0.15, 0.2) is 46.2 Å². The number of pyridine rings is 1. The van der Waals surface area contributed by atoms with E-state index in [0.29, 0.717) is 28.5 Å². The van der Waals surface area contributed by atoms with E-state index in [9.17, 15) is 13.6 Å². The molecule has 0 saturated carbocycles. The molecule has 1 atom stereocenters. The van der Waals surface area contributed by atoms with Crippen molar-refractivity contribution in [2.75, 3.05) is 45.6 Å². The predicted octanol–water partition coefficient (Wildman–Crippen LogP) is 5.81. The fourth-order valence-corrected chi connectivity index (χ4v) is 6.61. The number of fused-ring (bicyclic) bond motifs is 1. The minimum Gasteiger partial charge on any atom is -0.494 e. The number of aromatic nitrogens is 1. The molecule has 210 valence electrons. The smallest absolute Gasteiger partial charge is 0.260 e. The number of halogens is 3. The molecule has 2 heterocycles. The Balaban J connectivity index is 1.75. The second-order valence-electron chi connectivity index (χ2n) is 9.71. The van der Waals surface area contributed by atoms with Crippen LogP contribution in [0.4, 0.5) is 13.2 Å². The molecule has 0 radical (unpaired) electrons. The molecule has 9 heteroatoms. The van der Waals surface area contributed by atoms with Crippen molar-refractivity contribution in [3.8, 4) is 16.9 Å². The third-order valence-corrected chi connectivity index (χ3v) is 8.75. The third kappa shape index (κ3) is 6.05. The SMILES string of the molecule is CCN(CC)CCCNCC1CSc2c(Cc3c(F)cccc3F)c(C)c(-c3cccc(OC)c3F)c(=O)n21. The Bertz CT molecular complexity index is 1350. The molecule has 0 bridgehead atoms. The van der Waals surface area contributed by atoms with Gasteiger partial charge in [0, 0.05) is 29.8 Å². The fraction of sp³-hybridized carbons (Fsp3) is 0.433. The lowest BCUT2D eigenvalue weighted by Gasteiger charge is -2.22. The number of benzene rings is 2. The summed E-state index contributed by atoms with van der Waals surface area (Å²) in [7, 11) is 1.37. The van der Waals surface area contributed by atoms with Gasteiger partial charge in [0.2, 0.25) is 0 Å². The van der Waals surface area contributed by atoms with E-state index in [1.165, 1.54) is 43.1 Å². The second-order valence-corrected chi connectivity index (χ2v) is 10.7. The van der Waals surface area contributed by atoms with Crippen LogP contribution < -0.4 is 15.6 Å². The summed E-state index contributed by atoms with van der Waals surface area (Å²) in [6.45, 7) is 10.4. The number of nitrogens with zero attached hydrogens (tertiary/aromatic N) is 2. The van der Waals surface area contributed by atoms with Crippen molar-refractivity contribution in [1.29, 1.82) is 0 Å². The lowest BCUT2D eigenvalue weighted by molar-refractivity contribution is 0.297. The van der Waals surface area contributed by atoms with E-state index >= 15 is 4.39 Å². The van der Waals surface area contributed by atoms with Crippen molar-refractivity contribution in [2.24, 2.45) is 0 Å². The number of hydrogen-bond donors (Lipinski definition) is 1. The van der Waals surface area contributed by atoms with E-state index in [2.05, 4.69) is 24.1 Å². The van der Waals surface area contributed by atoms with Gasteiger partial charge in [0.15, 0.2) is 11.6 Å². The highest BCUT2D eigenvalue weighted by Gasteiger charge is 2.32. The molecule has 0 amide bonds. The maximum Gasteiger partial charge on any atom is 0.260 e. The molecule has 4 rings (SSSR count). The van der Waals surface area contributed by atoms with Crippen LogP contribution in [0.5, 0.6) is 5.75 Å². The molecular formula is C30H36F3N3O2S.